The number of nitriles is 1. The predicted octanol–water partition coefficient (Wildman–Crippen LogP) is 3.77. The fraction of sp³-hybridized carbons (Fsp3) is 0.174. The summed E-state index contributed by atoms with van der Waals surface area (Å²) in [5.41, 5.74) is 2.70. The lowest BCUT2D eigenvalue weighted by Gasteiger charge is -2.28. The molecule has 0 saturated heterocycles. The van der Waals surface area contributed by atoms with Crippen LogP contribution < -0.4 is 4.74 Å². The number of carbonyl (C=O) groups is 1. The predicted molar refractivity (Wildman–Crippen MR) is 107 cm³/mol. The van der Waals surface area contributed by atoms with E-state index >= 15 is 0 Å². The van der Waals surface area contributed by atoms with Crippen LogP contribution in [0.1, 0.15) is 22.9 Å². The van der Waals surface area contributed by atoms with Crippen LogP contribution in [0, 0.1) is 11.3 Å². The van der Waals surface area contributed by atoms with Gasteiger partial charge in [-0.15, -0.1) is 0 Å². The molecule has 0 N–H and O–H groups in total. The van der Waals surface area contributed by atoms with Crippen molar-refractivity contribution in [1.29, 1.82) is 5.26 Å². The fourth-order valence-electron chi connectivity index (χ4n) is 2.95. The number of carbonyl (C=O) groups excluding carboxylic acids is 1. The summed E-state index contributed by atoms with van der Waals surface area (Å²) in [7, 11) is 1.76. The molecule has 140 valence electrons. The largest absolute Gasteiger partial charge is 0.484 e. The van der Waals surface area contributed by atoms with Crippen LogP contribution >= 0.6 is 0 Å². The summed E-state index contributed by atoms with van der Waals surface area (Å²) in [6.07, 6.45) is 2.08. The van der Waals surface area contributed by atoms with Gasteiger partial charge in [0.15, 0.2) is 6.61 Å². The summed E-state index contributed by atoms with van der Waals surface area (Å²) in [5, 5.41) is 8.73. The van der Waals surface area contributed by atoms with Gasteiger partial charge in [0, 0.05) is 13.2 Å². The number of hydrogen-bond acceptors (Lipinski definition) is 4. The zero-order valence-corrected chi connectivity index (χ0v) is 15.7. The van der Waals surface area contributed by atoms with E-state index in [1.807, 2.05) is 60.7 Å². The summed E-state index contributed by atoms with van der Waals surface area (Å²) in [6, 6.07) is 24.5. The summed E-state index contributed by atoms with van der Waals surface area (Å²) < 4.78 is 5.65. The van der Waals surface area contributed by atoms with E-state index in [0.29, 0.717) is 12.2 Å². The van der Waals surface area contributed by atoms with Crippen molar-refractivity contribution in [2.24, 2.45) is 0 Å². The molecule has 0 aliphatic carbocycles. The third-order valence-corrected chi connectivity index (χ3v) is 4.43. The summed E-state index contributed by atoms with van der Waals surface area (Å²) in [5.74, 6) is 0.443. The van der Waals surface area contributed by atoms with Gasteiger partial charge < -0.3 is 9.64 Å². The van der Waals surface area contributed by atoms with Crippen molar-refractivity contribution >= 4 is 5.91 Å². The Kier molecular flexibility index (Phi) is 6.37. The fourth-order valence-corrected chi connectivity index (χ4v) is 2.95. The van der Waals surface area contributed by atoms with E-state index in [9.17, 15) is 4.79 Å². The van der Waals surface area contributed by atoms with Gasteiger partial charge in [0.2, 0.25) is 0 Å². The van der Waals surface area contributed by atoms with Crippen molar-refractivity contribution in [2.45, 2.75) is 12.5 Å². The molecule has 3 aromatic rings. The molecule has 2 aromatic carbocycles. The first kappa shape index (κ1) is 19.1. The lowest BCUT2D eigenvalue weighted by Crippen LogP contribution is -2.35. The number of rotatable bonds is 7. The minimum atomic E-state index is -0.295. The molecule has 0 fully saturated rings. The van der Waals surface area contributed by atoms with Crippen LogP contribution in [0.3, 0.4) is 0 Å². The third kappa shape index (κ3) is 4.74. The second kappa shape index (κ2) is 9.33. The maximum atomic E-state index is 12.8. The molecule has 0 aliphatic heterocycles. The lowest BCUT2D eigenvalue weighted by atomic mass is 10.0. The van der Waals surface area contributed by atoms with Crippen molar-refractivity contribution in [2.75, 3.05) is 13.7 Å². The number of benzene rings is 2. The summed E-state index contributed by atoms with van der Waals surface area (Å²) in [6.45, 7) is -0.0791. The molecule has 1 aromatic heterocycles. The van der Waals surface area contributed by atoms with Gasteiger partial charge >= 0.3 is 0 Å². The molecule has 5 heteroatoms. The maximum Gasteiger partial charge on any atom is 0.261 e. The van der Waals surface area contributed by atoms with Crippen LogP contribution in [0.25, 0.3) is 0 Å². The average molecular weight is 371 g/mol. The Morgan fingerprint density at radius 1 is 1.07 bits per heavy atom. The van der Waals surface area contributed by atoms with Crippen LogP contribution in [0.15, 0.2) is 79.0 Å². The highest BCUT2D eigenvalue weighted by atomic mass is 16.5. The number of amides is 1. The standard InChI is InChI=1S/C23H21N3O2/c1-26(22(27)17-28-20-12-10-18(11-13-20)14-15-24)23(19-7-3-2-4-8-19)21-9-5-6-16-25-21/h2-13,16,23H,14,17H2,1H3. The molecule has 5 nitrogen and oxygen atoms in total. The van der Waals surface area contributed by atoms with Gasteiger partial charge in [-0.3, -0.25) is 9.78 Å². The van der Waals surface area contributed by atoms with Crippen LogP contribution in [0.5, 0.6) is 5.75 Å². The van der Waals surface area contributed by atoms with Crippen molar-refractivity contribution in [3.8, 4) is 11.8 Å². The second-order valence-corrected chi connectivity index (χ2v) is 6.34. The van der Waals surface area contributed by atoms with Crippen molar-refractivity contribution in [3.05, 3.63) is 95.8 Å². The Balaban J connectivity index is 1.72. The highest BCUT2D eigenvalue weighted by molar-refractivity contribution is 5.78. The molecule has 0 bridgehead atoms. The Hall–Kier alpha value is -3.65. The minimum Gasteiger partial charge on any atom is -0.484 e. The summed E-state index contributed by atoms with van der Waals surface area (Å²) >= 11 is 0. The van der Waals surface area contributed by atoms with Gasteiger partial charge in [0.1, 0.15) is 5.75 Å². The van der Waals surface area contributed by atoms with Crippen LogP contribution in [0.2, 0.25) is 0 Å². The SMILES string of the molecule is CN(C(=O)COc1ccc(CC#N)cc1)C(c1ccccc1)c1ccccn1. The van der Waals surface area contributed by atoms with Crippen LogP contribution in [0.4, 0.5) is 0 Å². The van der Waals surface area contributed by atoms with Crippen LogP contribution in [-0.4, -0.2) is 29.4 Å². The molecule has 28 heavy (non-hydrogen) atoms. The maximum absolute atomic E-state index is 12.8. The van der Waals surface area contributed by atoms with Crippen molar-refractivity contribution in [1.82, 2.24) is 9.88 Å². The first-order chi connectivity index (χ1) is 13.7. The van der Waals surface area contributed by atoms with Gasteiger partial charge in [-0.1, -0.05) is 48.5 Å². The van der Waals surface area contributed by atoms with Gasteiger partial charge in [-0.25, -0.2) is 0 Å². The van der Waals surface area contributed by atoms with Gasteiger partial charge in [0.05, 0.1) is 24.2 Å². The van der Waals surface area contributed by atoms with Gasteiger partial charge in [-0.2, -0.15) is 5.26 Å². The van der Waals surface area contributed by atoms with E-state index in [1.165, 1.54) is 0 Å². The highest BCUT2D eigenvalue weighted by Crippen LogP contribution is 2.26. The molecule has 1 atom stereocenters. The number of hydrogen-bond donors (Lipinski definition) is 0. The molecule has 1 unspecified atom stereocenters. The molecule has 0 saturated carbocycles. The van der Waals surface area contributed by atoms with E-state index in [0.717, 1.165) is 16.8 Å². The van der Waals surface area contributed by atoms with Crippen molar-refractivity contribution < 1.29 is 9.53 Å². The molecule has 1 heterocycles. The molecular formula is C23H21N3O2. The normalized spacial score (nSPS) is 11.3. The topological polar surface area (TPSA) is 66.2 Å². The van der Waals surface area contributed by atoms with Crippen molar-refractivity contribution in [3.63, 3.8) is 0 Å². The molecule has 0 spiro atoms. The molecular weight excluding hydrogens is 350 g/mol. The average Bonchev–Trinajstić information content (AvgIpc) is 2.75. The number of aromatic nitrogens is 1. The first-order valence-electron chi connectivity index (χ1n) is 8.99. The smallest absolute Gasteiger partial charge is 0.261 e. The quantitative estimate of drug-likeness (QED) is 0.634. The molecule has 0 radical (unpaired) electrons. The molecule has 3 rings (SSSR count). The third-order valence-electron chi connectivity index (χ3n) is 4.43. The number of pyridine rings is 1. The van der Waals surface area contributed by atoms with E-state index in [2.05, 4.69) is 11.1 Å². The van der Waals surface area contributed by atoms with Crippen LogP contribution in [-0.2, 0) is 11.2 Å². The minimum absolute atomic E-state index is 0.0791. The number of likely N-dealkylation sites (N-methyl/N-ethyl adjacent to an activating group) is 1. The lowest BCUT2D eigenvalue weighted by molar-refractivity contribution is -0.133. The Morgan fingerprint density at radius 3 is 2.43 bits per heavy atom. The zero-order valence-electron chi connectivity index (χ0n) is 15.7. The molecule has 1 amide bonds. The number of nitrogens with zero attached hydrogens (tertiary/aromatic N) is 3. The van der Waals surface area contributed by atoms with E-state index in [4.69, 9.17) is 10.00 Å². The van der Waals surface area contributed by atoms with E-state index < -0.39 is 0 Å². The second-order valence-electron chi connectivity index (χ2n) is 6.34. The first-order valence-corrected chi connectivity index (χ1v) is 8.99. The van der Waals surface area contributed by atoms with Gasteiger partial charge in [0.25, 0.3) is 5.91 Å². The Labute approximate surface area is 164 Å². The van der Waals surface area contributed by atoms with E-state index in [1.54, 1.807) is 30.3 Å². The monoisotopic (exact) mass is 371 g/mol. The molecule has 0 aliphatic rings. The number of ether oxygens (including phenoxy) is 1. The zero-order chi connectivity index (χ0) is 19.8. The Morgan fingerprint density at radius 2 is 1.79 bits per heavy atom. The van der Waals surface area contributed by atoms with E-state index in [-0.39, 0.29) is 18.6 Å². The summed E-state index contributed by atoms with van der Waals surface area (Å²) in [4.78, 5) is 18.9. The highest BCUT2D eigenvalue weighted by Gasteiger charge is 2.24. The van der Waals surface area contributed by atoms with Gasteiger partial charge in [-0.05, 0) is 35.4 Å². The Bertz CT molecular complexity index is 896.